The summed E-state index contributed by atoms with van der Waals surface area (Å²) in [5.41, 5.74) is 4.49. The van der Waals surface area contributed by atoms with Crippen molar-refractivity contribution in [3.05, 3.63) is 36.0 Å². The number of nitrogen functional groups attached to an aromatic ring is 1. The number of rotatable bonds is 3. The molecule has 0 amide bonds. The number of aromatic amines is 1. The van der Waals surface area contributed by atoms with Crippen LogP contribution in [0.5, 0.6) is 0 Å². The Kier molecular flexibility index (Phi) is 3.34. The number of halogens is 3. The van der Waals surface area contributed by atoms with Gasteiger partial charge in [-0.15, -0.1) is 0 Å². The first-order valence-corrected chi connectivity index (χ1v) is 6.67. The quantitative estimate of drug-likeness (QED) is 0.805. The van der Waals surface area contributed by atoms with Crippen LogP contribution in [0, 0.1) is 0 Å². The molecule has 1 heterocycles. The number of hydrogen-bond acceptors (Lipinski definition) is 4. The third-order valence-electron chi connectivity index (χ3n) is 2.39. The topological polar surface area (TPSA) is 101 Å². The minimum Gasteiger partial charge on any atom is -0.383 e. The highest BCUT2D eigenvalue weighted by Gasteiger charge is 2.30. The number of nitrogens with one attached hydrogen (secondary N) is 2. The Labute approximate surface area is 111 Å². The summed E-state index contributed by atoms with van der Waals surface area (Å²) in [7, 11) is -4.00. The highest BCUT2D eigenvalue weighted by atomic mass is 32.2. The Morgan fingerprint density at radius 2 is 1.80 bits per heavy atom. The number of nitrogens with two attached hydrogens (primary N) is 1. The van der Waals surface area contributed by atoms with Crippen LogP contribution in [0.15, 0.2) is 35.4 Å². The van der Waals surface area contributed by atoms with Crippen molar-refractivity contribution in [2.75, 3.05) is 10.5 Å². The van der Waals surface area contributed by atoms with Gasteiger partial charge in [0.15, 0.2) is 0 Å². The van der Waals surface area contributed by atoms with E-state index in [9.17, 15) is 21.6 Å². The molecule has 0 unspecified atom stereocenters. The molecular weight excluding hydrogens is 297 g/mol. The summed E-state index contributed by atoms with van der Waals surface area (Å²) >= 11 is 0. The minimum absolute atomic E-state index is 0.0152. The summed E-state index contributed by atoms with van der Waals surface area (Å²) in [5.74, 6) is -0.163. The van der Waals surface area contributed by atoms with Crippen molar-refractivity contribution in [1.29, 1.82) is 0 Å². The van der Waals surface area contributed by atoms with Crippen LogP contribution in [0.4, 0.5) is 24.7 Å². The van der Waals surface area contributed by atoms with Gasteiger partial charge in [0.2, 0.25) is 0 Å². The lowest BCUT2D eigenvalue weighted by Crippen LogP contribution is -2.14. The van der Waals surface area contributed by atoms with E-state index in [0.717, 1.165) is 30.5 Å². The van der Waals surface area contributed by atoms with Crippen LogP contribution in [0.1, 0.15) is 5.56 Å². The van der Waals surface area contributed by atoms with E-state index in [2.05, 4.69) is 14.9 Å². The zero-order valence-electron chi connectivity index (χ0n) is 9.77. The fourth-order valence-electron chi connectivity index (χ4n) is 1.44. The van der Waals surface area contributed by atoms with Crippen molar-refractivity contribution >= 4 is 21.5 Å². The van der Waals surface area contributed by atoms with E-state index in [1.807, 2.05) is 0 Å². The molecule has 0 saturated heterocycles. The average molecular weight is 306 g/mol. The van der Waals surface area contributed by atoms with Gasteiger partial charge in [0.25, 0.3) is 10.0 Å². The molecule has 0 aliphatic carbocycles. The van der Waals surface area contributed by atoms with Crippen LogP contribution in [0.3, 0.4) is 0 Å². The van der Waals surface area contributed by atoms with E-state index in [0.29, 0.717) is 0 Å². The van der Waals surface area contributed by atoms with E-state index < -0.39 is 21.8 Å². The Balaban J connectivity index is 2.25. The molecule has 2 rings (SSSR count). The van der Waals surface area contributed by atoms with Gasteiger partial charge in [0.05, 0.1) is 11.8 Å². The first-order chi connectivity index (χ1) is 9.20. The van der Waals surface area contributed by atoms with Gasteiger partial charge in [-0.25, -0.2) is 8.42 Å². The number of aromatic nitrogens is 2. The molecule has 2 aromatic rings. The maximum absolute atomic E-state index is 12.4. The second-order valence-corrected chi connectivity index (χ2v) is 5.48. The van der Waals surface area contributed by atoms with Crippen molar-refractivity contribution in [2.24, 2.45) is 0 Å². The van der Waals surface area contributed by atoms with Gasteiger partial charge in [-0.1, -0.05) is 0 Å². The van der Waals surface area contributed by atoms with E-state index in [-0.39, 0.29) is 16.4 Å². The highest BCUT2D eigenvalue weighted by molar-refractivity contribution is 7.92. The number of anilines is 2. The van der Waals surface area contributed by atoms with Gasteiger partial charge in [-0.05, 0) is 24.3 Å². The molecule has 0 aliphatic rings. The maximum atomic E-state index is 12.4. The van der Waals surface area contributed by atoms with E-state index in [1.54, 1.807) is 0 Å². The lowest BCUT2D eigenvalue weighted by Gasteiger charge is -2.09. The summed E-state index contributed by atoms with van der Waals surface area (Å²) < 4.78 is 63.0. The van der Waals surface area contributed by atoms with Gasteiger partial charge in [-0.2, -0.15) is 18.3 Å². The maximum Gasteiger partial charge on any atom is 0.416 e. The fourth-order valence-corrected chi connectivity index (χ4v) is 2.52. The summed E-state index contributed by atoms with van der Waals surface area (Å²) in [6.07, 6.45) is -3.48. The van der Waals surface area contributed by atoms with Crippen molar-refractivity contribution in [1.82, 2.24) is 10.2 Å². The zero-order valence-corrected chi connectivity index (χ0v) is 10.6. The molecule has 4 N–H and O–H groups in total. The monoisotopic (exact) mass is 306 g/mol. The second-order valence-electron chi connectivity index (χ2n) is 3.83. The summed E-state index contributed by atoms with van der Waals surface area (Å²) in [5, 5.41) is 5.71. The van der Waals surface area contributed by atoms with Crippen LogP contribution in [-0.4, -0.2) is 18.6 Å². The molecule has 0 bridgehead atoms. The Morgan fingerprint density at radius 1 is 1.20 bits per heavy atom. The number of hydrogen-bond donors (Lipinski definition) is 3. The summed E-state index contributed by atoms with van der Waals surface area (Å²) in [6.45, 7) is 0. The smallest absolute Gasteiger partial charge is 0.383 e. The zero-order chi connectivity index (χ0) is 15.0. The number of H-pyrrole nitrogens is 1. The van der Waals surface area contributed by atoms with Crippen LogP contribution < -0.4 is 10.5 Å². The number of nitrogens with zero attached hydrogens (tertiary/aromatic N) is 1. The van der Waals surface area contributed by atoms with E-state index >= 15 is 0 Å². The lowest BCUT2D eigenvalue weighted by molar-refractivity contribution is -0.137. The average Bonchev–Trinajstić information content (AvgIpc) is 2.75. The van der Waals surface area contributed by atoms with Gasteiger partial charge in [0.1, 0.15) is 10.7 Å². The molecule has 20 heavy (non-hydrogen) atoms. The van der Waals surface area contributed by atoms with E-state index in [4.69, 9.17) is 5.73 Å². The highest BCUT2D eigenvalue weighted by Crippen LogP contribution is 2.30. The van der Waals surface area contributed by atoms with Crippen molar-refractivity contribution in [2.45, 2.75) is 11.1 Å². The molecule has 1 aromatic carbocycles. The molecule has 0 radical (unpaired) electrons. The first-order valence-electron chi connectivity index (χ1n) is 5.19. The molecule has 0 saturated carbocycles. The minimum atomic E-state index is -4.48. The van der Waals surface area contributed by atoms with Crippen LogP contribution in [0.25, 0.3) is 0 Å². The molecule has 1 aromatic heterocycles. The van der Waals surface area contributed by atoms with Crippen LogP contribution >= 0.6 is 0 Å². The third-order valence-corrected chi connectivity index (χ3v) is 3.80. The Bertz CT molecular complexity index is 707. The van der Waals surface area contributed by atoms with Gasteiger partial charge in [0, 0.05) is 5.69 Å². The molecule has 0 atom stereocenters. The summed E-state index contributed by atoms with van der Waals surface area (Å²) in [6, 6.07) is 3.57. The lowest BCUT2D eigenvalue weighted by atomic mass is 10.2. The standard InChI is InChI=1S/C10H9F3N4O2S/c11-10(12,13)6-1-3-7(4-2-6)17-20(18,19)8-5-15-16-9(8)14/h1-5,17H,(H3,14,15,16). The molecule has 108 valence electrons. The van der Waals surface area contributed by atoms with Crippen molar-refractivity contribution < 1.29 is 21.6 Å². The fraction of sp³-hybridized carbons (Fsp3) is 0.100. The van der Waals surface area contributed by atoms with Gasteiger partial charge in [-0.3, -0.25) is 9.82 Å². The van der Waals surface area contributed by atoms with Crippen LogP contribution in [0.2, 0.25) is 0 Å². The van der Waals surface area contributed by atoms with E-state index in [1.165, 1.54) is 0 Å². The Hall–Kier alpha value is -2.23. The van der Waals surface area contributed by atoms with Crippen molar-refractivity contribution in [3.8, 4) is 0 Å². The normalized spacial score (nSPS) is 12.3. The number of benzene rings is 1. The van der Waals surface area contributed by atoms with Gasteiger partial charge >= 0.3 is 6.18 Å². The predicted octanol–water partition coefficient (Wildman–Crippen LogP) is 1.81. The number of sulfonamides is 1. The van der Waals surface area contributed by atoms with Gasteiger partial charge < -0.3 is 5.73 Å². The van der Waals surface area contributed by atoms with Crippen LogP contribution in [-0.2, 0) is 16.2 Å². The molecule has 10 heteroatoms. The SMILES string of the molecule is Nc1[nH]ncc1S(=O)(=O)Nc1ccc(C(F)(F)F)cc1. The molecule has 6 nitrogen and oxygen atoms in total. The molecular formula is C10H9F3N4O2S. The molecule has 0 spiro atoms. The number of alkyl halides is 3. The summed E-state index contributed by atoms with van der Waals surface area (Å²) in [4.78, 5) is -0.280. The first kappa shape index (κ1) is 14.2. The largest absolute Gasteiger partial charge is 0.416 e. The molecule has 0 fully saturated rings. The second kappa shape index (κ2) is 4.71. The molecule has 0 aliphatic heterocycles. The third kappa shape index (κ3) is 2.85. The predicted molar refractivity (Wildman–Crippen MR) is 65.3 cm³/mol. The Morgan fingerprint density at radius 3 is 2.25 bits per heavy atom. The van der Waals surface area contributed by atoms with Crippen molar-refractivity contribution in [3.63, 3.8) is 0 Å².